The Morgan fingerprint density at radius 2 is 2.16 bits per heavy atom. The van der Waals surface area contributed by atoms with Crippen molar-refractivity contribution in [1.82, 2.24) is 14.5 Å². The molecule has 3 heterocycles. The zero-order chi connectivity index (χ0) is 13.0. The van der Waals surface area contributed by atoms with Crippen LogP contribution in [0.25, 0.3) is 5.52 Å². The third kappa shape index (κ3) is 1.58. The molecule has 19 heavy (non-hydrogen) atoms. The van der Waals surface area contributed by atoms with Crippen molar-refractivity contribution in [2.24, 2.45) is 5.92 Å². The molecule has 1 aliphatic carbocycles. The number of carbonyl (C=O) groups is 1. The molecule has 1 aliphatic heterocycles. The van der Waals surface area contributed by atoms with Crippen LogP contribution in [0.5, 0.6) is 0 Å². The lowest BCUT2D eigenvalue weighted by Gasteiger charge is -2.46. The Hall–Kier alpha value is -1.88. The van der Waals surface area contributed by atoms with E-state index in [9.17, 15) is 9.90 Å². The van der Waals surface area contributed by atoms with Crippen molar-refractivity contribution in [2.45, 2.75) is 18.4 Å². The van der Waals surface area contributed by atoms with Crippen molar-refractivity contribution in [3.05, 3.63) is 36.2 Å². The molecule has 0 spiro atoms. The second kappa shape index (κ2) is 3.57. The number of aromatic nitrogens is 2. The minimum atomic E-state index is -0.626. The van der Waals surface area contributed by atoms with Crippen LogP contribution in [-0.4, -0.2) is 44.2 Å². The van der Waals surface area contributed by atoms with Gasteiger partial charge in [-0.05, 0) is 30.9 Å². The van der Waals surface area contributed by atoms with Crippen LogP contribution in [0.4, 0.5) is 0 Å². The fourth-order valence-electron chi connectivity index (χ4n) is 2.91. The van der Waals surface area contributed by atoms with Gasteiger partial charge in [0.25, 0.3) is 5.91 Å². The highest BCUT2D eigenvalue weighted by molar-refractivity contribution is 6.01. The van der Waals surface area contributed by atoms with E-state index in [1.54, 1.807) is 15.6 Å². The number of aliphatic hydroxyl groups is 1. The van der Waals surface area contributed by atoms with Crippen LogP contribution >= 0.6 is 0 Å². The van der Waals surface area contributed by atoms with Crippen LogP contribution in [0.2, 0.25) is 0 Å². The Morgan fingerprint density at radius 1 is 1.37 bits per heavy atom. The Labute approximate surface area is 110 Å². The van der Waals surface area contributed by atoms with Crippen LogP contribution in [-0.2, 0) is 0 Å². The molecule has 4 rings (SSSR count). The van der Waals surface area contributed by atoms with Crippen molar-refractivity contribution in [2.75, 3.05) is 13.1 Å². The van der Waals surface area contributed by atoms with Gasteiger partial charge in [-0.3, -0.25) is 4.79 Å². The van der Waals surface area contributed by atoms with E-state index in [1.807, 2.05) is 24.4 Å². The smallest absolute Gasteiger partial charge is 0.257 e. The number of fused-ring (bicyclic) bond motifs is 1. The molecule has 2 aromatic rings. The largest absolute Gasteiger partial charge is 0.386 e. The number of hydrogen-bond acceptors (Lipinski definition) is 3. The predicted molar refractivity (Wildman–Crippen MR) is 68.8 cm³/mol. The number of β-amino-alcohol motifs (C(OH)–C–C–N with tert-alkyl or cyclic N) is 1. The highest BCUT2D eigenvalue weighted by atomic mass is 16.3. The fourth-order valence-corrected chi connectivity index (χ4v) is 2.91. The summed E-state index contributed by atoms with van der Waals surface area (Å²) >= 11 is 0. The van der Waals surface area contributed by atoms with Gasteiger partial charge in [0.2, 0.25) is 0 Å². The molecule has 0 bridgehead atoms. The molecule has 1 saturated carbocycles. The summed E-state index contributed by atoms with van der Waals surface area (Å²) in [5.41, 5.74) is 0.798. The first-order chi connectivity index (χ1) is 9.17. The van der Waals surface area contributed by atoms with Gasteiger partial charge in [0, 0.05) is 6.20 Å². The fraction of sp³-hybridized carbons (Fsp3) is 0.429. The van der Waals surface area contributed by atoms with Crippen molar-refractivity contribution >= 4 is 11.4 Å². The highest BCUT2D eigenvalue weighted by Gasteiger charge is 2.53. The molecule has 0 aromatic carbocycles. The summed E-state index contributed by atoms with van der Waals surface area (Å²) in [6, 6.07) is 5.65. The average Bonchev–Trinajstić information content (AvgIpc) is 3.14. The van der Waals surface area contributed by atoms with Crippen LogP contribution in [0.3, 0.4) is 0 Å². The van der Waals surface area contributed by atoms with Crippen LogP contribution in [0.1, 0.15) is 23.2 Å². The molecule has 1 amide bonds. The number of carbonyl (C=O) groups excluding carboxylic acids is 1. The first-order valence-corrected chi connectivity index (χ1v) is 6.61. The Balaban J connectivity index is 1.58. The van der Waals surface area contributed by atoms with E-state index in [0.717, 1.165) is 18.4 Å². The number of rotatable bonds is 2. The monoisotopic (exact) mass is 257 g/mol. The van der Waals surface area contributed by atoms with Crippen LogP contribution in [0.15, 0.2) is 30.6 Å². The molecule has 0 unspecified atom stereocenters. The van der Waals surface area contributed by atoms with Gasteiger partial charge < -0.3 is 10.0 Å². The molecular weight excluding hydrogens is 242 g/mol. The molecule has 2 aliphatic rings. The lowest BCUT2D eigenvalue weighted by Crippen LogP contribution is -2.64. The van der Waals surface area contributed by atoms with Gasteiger partial charge in [-0.1, -0.05) is 6.07 Å². The normalized spacial score (nSPS) is 21.4. The second-order valence-corrected chi connectivity index (χ2v) is 5.63. The third-order valence-corrected chi connectivity index (χ3v) is 4.21. The minimum absolute atomic E-state index is 0.0356. The van der Waals surface area contributed by atoms with E-state index < -0.39 is 5.60 Å². The van der Waals surface area contributed by atoms with E-state index in [2.05, 4.69) is 5.10 Å². The van der Waals surface area contributed by atoms with E-state index in [-0.39, 0.29) is 5.91 Å². The molecule has 1 N–H and O–H groups in total. The summed E-state index contributed by atoms with van der Waals surface area (Å²) in [5, 5.41) is 14.4. The van der Waals surface area contributed by atoms with Gasteiger partial charge in [0.1, 0.15) is 5.60 Å². The maximum absolute atomic E-state index is 12.4. The van der Waals surface area contributed by atoms with E-state index in [4.69, 9.17) is 0 Å². The topological polar surface area (TPSA) is 57.8 Å². The van der Waals surface area contributed by atoms with Crippen molar-refractivity contribution in [3.8, 4) is 0 Å². The summed E-state index contributed by atoms with van der Waals surface area (Å²) in [6.07, 6.45) is 5.61. The number of likely N-dealkylation sites (tertiary alicyclic amines) is 1. The highest BCUT2D eigenvalue weighted by Crippen LogP contribution is 2.44. The summed E-state index contributed by atoms with van der Waals surface area (Å²) in [6.45, 7) is 0.918. The average molecular weight is 257 g/mol. The molecule has 5 heteroatoms. The number of amides is 1. The van der Waals surface area contributed by atoms with Crippen molar-refractivity contribution < 1.29 is 9.90 Å². The SMILES string of the molecule is O=C(c1cnn2ccccc12)N1CC(O)(C2CC2)C1. The standard InChI is InChI=1S/C14H15N3O2/c18-13(16-8-14(19,9-16)10-4-5-10)11-7-15-17-6-2-1-3-12(11)17/h1-3,6-7,10,19H,4-5,8-9H2. The molecular formula is C14H15N3O2. The summed E-state index contributed by atoms with van der Waals surface area (Å²) < 4.78 is 1.69. The summed E-state index contributed by atoms with van der Waals surface area (Å²) in [4.78, 5) is 14.1. The van der Waals surface area contributed by atoms with Gasteiger partial charge in [-0.2, -0.15) is 5.10 Å². The predicted octanol–water partition coefficient (Wildman–Crippen LogP) is 0.931. The first kappa shape index (κ1) is 11.0. The van der Waals surface area contributed by atoms with Gasteiger partial charge >= 0.3 is 0 Å². The Kier molecular flexibility index (Phi) is 2.07. The Morgan fingerprint density at radius 3 is 2.89 bits per heavy atom. The maximum Gasteiger partial charge on any atom is 0.257 e. The van der Waals surface area contributed by atoms with Crippen molar-refractivity contribution in [1.29, 1.82) is 0 Å². The summed E-state index contributed by atoms with van der Waals surface area (Å²) in [5.74, 6) is 0.368. The zero-order valence-electron chi connectivity index (χ0n) is 10.5. The van der Waals surface area contributed by atoms with Gasteiger partial charge in [-0.15, -0.1) is 0 Å². The van der Waals surface area contributed by atoms with Crippen LogP contribution < -0.4 is 0 Å². The Bertz CT molecular complexity index is 654. The molecule has 1 saturated heterocycles. The van der Waals surface area contributed by atoms with Crippen LogP contribution in [0, 0.1) is 5.92 Å². The molecule has 2 aromatic heterocycles. The summed E-state index contributed by atoms with van der Waals surface area (Å²) in [7, 11) is 0. The lowest BCUT2D eigenvalue weighted by molar-refractivity contribution is -0.0957. The number of hydrogen-bond donors (Lipinski definition) is 1. The van der Waals surface area contributed by atoms with Gasteiger partial charge in [0.15, 0.2) is 0 Å². The lowest BCUT2D eigenvalue weighted by atomic mass is 9.88. The van der Waals surface area contributed by atoms with E-state index in [1.165, 1.54) is 0 Å². The quantitative estimate of drug-likeness (QED) is 0.870. The number of nitrogens with zero attached hydrogens (tertiary/aromatic N) is 3. The zero-order valence-corrected chi connectivity index (χ0v) is 10.5. The molecule has 0 radical (unpaired) electrons. The molecule has 2 fully saturated rings. The van der Waals surface area contributed by atoms with Crippen molar-refractivity contribution in [3.63, 3.8) is 0 Å². The molecule has 5 nitrogen and oxygen atoms in total. The first-order valence-electron chi connectivity index (χ1n) is 6.61. The van der Waals surface area contributed by atoms with E-state index in [0.29, 0.717) is 24.6 Å². The second-order valence-electron chi connectivity index (χ2n) is 5.63. The van der Waals surface area contributed by atoms with Gasteiger partial charge in [0.05, 0.1) is 30.4 Å². The molecule has 98 valence electrons. The maximum atomic E-state index is 12.4. The minimum Gasteiger partial charge on any atom is -0.386 e. The van der Waals surface area contributed by atoms with Gasteiger partial charge in [-0.25, -0.2) is 4.52 Å². The van der Waals surface area contributed by atoms with E-state index >= 15 is 0 Å². The number of pyridine rings is 1. The third-order valence-electron chi connectivity index (χ3n) is 4.21. The molecule has 0 atom stereocenters.